The lowest BCUT2D eigenvalue weighted by atomic mass is 9.95. The van der Waals surface area contributed by atoms with Gasteiger partial charge in [-0.3, -0.25) is 4.79 Å². The Balaban J connectivity index is 1.97. The first kappa shape index (κ1) is 30.3. The van der Waals surface area contributed by atoms with Crippen LogP contribution in [-0.2, 0) is 24.3 Å². The van der Waals surface area contributed by atoms with Gasteiger partial charge in [0.25, 0.3) is 10.0 Å². The van der Waals surface area contributed by atoms with Crippen molar-refractivity contribution in [3.05, 3.63) is 98.4 Å². The van der Waals surface area contributed by atoms with Crippen molar-refractivity contribution >= 4 is 53.9 Å². The highest BCUT2D eigenvalue weighted by atomic mass is 79.9. The Bertz CT molecular complexity index is 1460. The van der Waals surface area contributed by atoms with Crippen LogP contribution in [0.2, 0.25) is 0 Å². The number of rotatable bonds is 8. The van der Waals surface area contributed by atoms with E-state index in [1.807, 2.05) is 6.92 Å². The van der Waals surface area contributed by atoms with Crippen LogP contribution in [-0.4, -0.2) is 30.4 Å². The average molecular weight is 693 g/mol. The molecule has 1 aliphatic carbocycles. The van der Waals surface area contributed by atoms with Crippen molar-refractivity contribution in [3.8, 4) is 0 Å². The second-order valence-corrected chi connectivity index (χ2v) is 14.4. The summed E-state index contributed by atoms with van der Waals surface area (Å²) in [5.41, 5.74) is 0.831. The molecule has 3 aromatic carbocycles. The molecule has 7 nitrogen and oxygen atoms in total. The lowest BCUT2D eigenvalue weighted by molar-refractivity contribution is -0.154. The van der Waals surface area contributed by atoms with Crippen molar-refractivity contribution in [3.63, 3.8) is 0 Å². The molecule has 1 saturated carbocycles. The molecule has 0 N–H and O–H groups in total. The lowest BCUT2D eigenvalue weighted by Crippen LogP contribution is -2.45. The zero-order valence-corrected chi connectivity index (χ0v) is 26.6. The maximum atomic E-state index is 14.3. The third-order valence-electron chi connectivity index (χ3n) is 6.25. The summed E-state index contributed by atoms with van der Waals surface area (Å²) in [4.78, 5) is 26.9. The number of amides is 1. The molecular formula is C30H31Br2NO6S. The predicted molar refractivity (Wildman–Crippen MR) is 159 cm³/mol. The van der Waals surface area contributed by atoms with Crippen molar-refractivity contribution in [2.45, 2.75) is 63.2 Å². The SMILES string of the molecule is Cc1ccc(S(=O)(=O)N(C(=O)OC(C)(C)C)[C@H](c2ccc(Br)cc2)[C@@H](OC(=O)C2CC2)c2ccc(Br)cc2)cc1. The van der Waals surface area contributed by atoms with Crippen LogP contribution in [0.25, 0.3) is 0 Å². The van der Waals surface area contributed by atoms with Crippen LogP contribution in [0, 0.1) is 12.8 Å². The number of carbonyl (C=O) groups is 2. The summed E-state index contributed by atoms with van der Waals surface area (Å²) in [6, 6.07) is 18.9. The van der Waals surface area contributed by atoms with E-state index >= 15 is 0 Å². The molecule has 0 aromatic heterocycles. The number of ether oxygens (including phenoxy) is 2. The van der Waals surface area contributed by atoms with E-state index in [0.717, 1.165) is 18.8 Å². The molecule has 0 aliphatic heterocycles. The quantitative estimate of drug-likeness (QED) is 0.223. The Hall–Kier alpha value is -2.69. The van der Waals surface area contributed by atoms with Crippen molar-refractivity contribution in [1.29, 1.82) is 0 Å². The molecule has 2 atom stereocenters. The van der Waals surface area contributed by atoms with Gasteiger partial charge in [0.15, 0.2) is 6.10 Å². The fraction of sp³-hybridized carbons (Fsp3) is 0.333. The maximum Gasteiger partial charge on any atom is 0.425 e. The summed E-state index contributed by atoms with van der Waals surface area (Å²) in [7, 11) is -4.50. The van der Waals surface area contributed by atoms with E-state index in [-0.39, 0.29) is 10.8 Å². The Morgan fingerprint density at radius 1 is 0.850 bits per heavy atom. The predicted octanol–water partition coefficient (Wildman–Crippen LogP) is 7.88. The van der Waals surface area contributed by atoms with Gasteiger partial charge in [-0.2, -0.15) is 4.31 Å². The van der Waals surface area contributed by atoms with Gasteiger partial charge in [0, 0.05) is 8.95 Å². The molecule has 212 valence electrons. The third kappa shape index (κ3) is 7.33. The Morgan fingerprint density at radius 2 is 1.35 bits per heavy atom. The highest BCUT2D eigenvalue weighted by Gasteiger charge is 2.46. The van der Waals surface area contributed by atoms with Gasteiger partial charge in [0.2, 0.25) is 0 Å². The minimum Gasteiger partial charge on any atom is -0.455 e. The largest absolute Gasteiger partial charge is 0.455 e. The number of esters is 1. The van der Waals surface area contributed by atoms with Crippen molar-refractivity contribution in [2.24, 2.45) is 5.92 Å². The molecule has 0 radical (unpaired) electrons. The number of aryl methyl sites for hydroxylation is 1. The molecule has 10 heteroatoms. The van der Waals surface area contributed by atoms with E-state index in [1.165, 1.54) is 12.1 Å². The Morgan fingerprint density at radius 3 is 1.82 bits per heavy atom. The van der Waals surface area contributed by atoms with Gasteiger partial charge in [-0.25, -0.2) is 13.2 Å². The van der Waals surface area contributed by atoms with Crippen molar-refractivity contribution in [1.82, 2.24) is 4.31 Å². The summed E-state index contributed by atoms with van der Waals surface area (Å²) in [6.07, 6.45) is -0.834. The number of sulfonamides is 1. The lowest BCUT2D eigenvalue weighted by Gasteiger charge is -2.37. The second kappa shape index (κ2) is 12.0. The highest BCUT2D eigenvalue weighted by molar-refractivity contribution is 9.10. The molecule has 3 aromatic rings. The normalized spacial score (nSPS) is 15.2. The molecular weight excluding hydrogens is 662 g/mol. The number of carbonyl (C=O) groups excluding carboxylic acids is 2. The summed E-state index contributed by atoms with van der Waals surface area (Å²) >= 11 is 6.86. The van der Waals surface area contributed by atoms with Gasteiger partial charge in [-0.1, -0.05) is 73.8 Å². The Labute approximate surface area is 252 Å². The molecule has 0 bridgehead atoms. The monoisotopic (exact) mass is 691 g/mol. The van der Waals surface area contributed by atoms with E-state index in [4.69, 9.17) is 9.47 Å². The highest BCUT2D eigenvalue weighted by Crippen LogP contribution is 2.43. The topological polar surface area (TPSA) is 90.0 Å². The summed E-state index contributed by atoms with van der Waals surface area (Å²) in [6.45, 7) is 6.83. The molecule has 0 spiro atoms. The van der Waals surface area contributed by atoms with Crippen LogP contribution < -0.4 is 0 Å². The maximum absolute atomic E-state index is 14.3. The molecule has 0 heterocycles. The van der Waals surface area contributed by atoms with Crippen LogP contribution in [0.5, 0.6) is 0 Å². The summed E-state index contributed by atoms with van der Waals surface area (Å²) < 4.78 is 42.7. The van der Waals surface area contributed by atoms with Gasteiger partial charge < -0.3 is 9.47 Å². The van der Waals surface area contributed by atoms with E-state index < -0.39 is 39.8 Å². The van der Waals surface area contributed by atoms with Gasteiger partial charge in [-0.15, -0.1) is 0 Å². The van der Waals surface area contributed by atoms with Gasteiger partial charge in [-0.05, 0) is 88.1 Å². The molecule has 0 saturated heterocycles. The number of hydrogen-bond acceptors (Lipinski definition) is 6. The number of hydrogen-bond donors (Lipinski definition) is 0. The van der Waals surface area contributed by atoms with Crippen LogP contribution in [0.3, 0.4) is 0 Å². The van der Waals surface area contributed by atoms with Crippen molar-refractivity contribution in [2.75, 3.05) is 0 Å². The third-order valence-corrected chi connectivity index (χ3v) is 9.07. The minimum absolute atomic E-state index is 0.0888. The smallest absolute Gasteiger partial charge is 0.425 e. The standard InChI is InChI=1S/C30H31Br2NO6S/c1-19-5-17-25(18-6-19)40(36,37)33(29(35)39-30(2,3)4)26(20-9-13-23(31)14-10-20)27(38-28(34)22-7-8-22)21-11-15-24(32)16-12-21/h5-6,9-18,22,26-27H,7-8H2,1-4H3/t26-,27+/m1/s1. The number of benzene rings is 3. The van der Waals surface area contributed by atoms with E-state index in [9.17, 15) is 18.0 Å². The fourth-order valence-corrected chi connectivity index (χ4v) is 6.09. The van der Waals surface area contributed by atoms with Gasteiger partial charge in [0.05, 0.1) is 10.8 Å². The van der Waals surface area contributed by atoms with Crippen molar-refractivity contribution < 1.29 is 27.5 Å². The molecule has 1 amide bonds. The number of nitrogens with zero attached hydrogens (tertiary/aromatic N) is 1. The van der Waals surface area contributed by atoms with Crippen LogP contribution in [0.15, 0.2) is 86.6 Å². The first-order chi connectivity index (χ1) is 18.8. The zero-order chi connectivity index (χ0) is 29.2. The fourth-order valence-electron chi connectivity index (χ4n) is 4.09. The molecule has 0 unspecified atom stereocenters. The van der Waals surface area contributed by atoms with Gasteiger partial charge in [0.1, 0.15) is 11.6 Å². The first-order valence-electron chi connectivity index (χ1n) is 12.8. The van der Waals surface area contributed by atoms with Gasteiger partial charge >= 0.3 is 12.1 Å². The van der Waals surface area contributed by atoms with Crippen LogP contribution in [0.4, 0.5) is 4.79 Å². The Kier molecular flexibility index (Phi) is 9.11. The van der Waals surface area contributed by atoms with E-state index in [1.54, 1.807) is 81.4 Å². The first-order valence-corrected chi connectivity index (χ1v) is 15.8. The van der Waals surface area contributed by atoms with Crippen LogP contribution in [0.1, 0.15) is 62.4 Å². The molecule has 1 fully saturated rings. The van der Waals surface area contributed by atoms with Crippen LogP contribution >= 0.6 is 31.9 Å². The van der Waals surface area contributed by atoms with E-state index in [0.29, 0.717) is 24.0 Å². The molecule has 4 rings (SSSR count). The second-order valence-electron chi connectivity index (χ2n) is 10.8. The molecule has 1 aliphatic rings. The molecule has 40 heavy (non-hydrogen) atoms. The van der Waals surface area contributed by atoms with E-state index in [2.05, 4.69) is 31.9 Å². The minimum atomic E-state index is -4.50. The summed E-state index contributed by atoms with van der Waals surface area (Å²) in [5, 5.41) is 0. The zero-order valence-electron chi connectivity index (χ0n) is 22.6. The summed E-state index contributed by atoms with van der Waals surface area (Å²) in [5.74, 6) is -0.695. The average Bonchev–Trinajstić information content (AvgIpc) is 3.72. The number of halogens is 2.